The third kappa shape index (κ3) is 3.80. The summed E-state index contributed by atoms with van der Waals surface area (Å²) in [5, 5.41) is 0. The monoisotopic (exact) mass is 215 g/mol. The van der Waals surface area contributed by atoms with Crippen molar-refractivity contribution >= 4 is 5.97 Å². The third-order valence-corrected chi connectivity index (χ3v) is 3.01. The van der Waals surface area contributed by atoms with Crippen LogP contribution in [-0.4, -0.2) is 31.8 Å². The highest BCUT2D eigenvalue weighted by atomic mass is 16.5. The predicted molar refractivity (Wildman–Crippen MR) is 57.3 cm³/mol. The zero-order valence-corrected chi connectivity index (χ0v) is 9.57. The van der Waals surface area contributed by atoms with E-state index in [0.717, 1.165) is 19.4 Å². The Hall–Kier alpha value is -0.610. The summed E-state index contributed by atoms with van der Waals surface area (Å²) in [4.78, 5) is 11.5. The van der Waals surface area contributed by atoms with Gasteiger partial charge in [0.1, 0.15) is 6.04 Å². The van der Waals surface area contributed by atoms with E-state index < -0.39 is 6.04 Å². The molecule has 0 bridgehead atoms. The molecule has 0 aromatic rings. The Morgan fingerprint density at radius 1 is 1.67 bits per heavy atom. The highest BCUT2D eigenvalue weighted by molar-refractivity contribution is 5.75. The maximum Gasteiger partial charge on any atom is 0.323 e. The Bertz CT molecular complexity index is 202. The molecule has 88 valence electrons. The smallest absolute Gasteiger partial charge is 0.323 e. The Morgan fingerprint density at radius 2 is 2.40 bits per heavy atom. The molecule has 1 fully saturated rings. The second kappa shape index (κ2) is 6.08. The maximum absolute atomic E-state index is 11.5. The molecule has 1 aliphatic heterocycles. The number of hydrogen-bond acceptors (Lipinski definition) is 4. The highest BCUT2D eigenvalue weighted by Crippen LogP contribution is 2.13. The summed E-state index contributed by atoms with van der Waals surface area (Å²) in [7, 11) is 0. The molecule has 0 aromatic carbocycles. The van der Waals surface area contributed by atoms with E-state index in [-0.39, 0.29) is 11.9 Å². The van der Waals surface area contributed by atoms with Crippen molar-refractivity contribution in [2.75, 3.05) is 19.8 Å². The maximum atomic E-state index is 11.5. The second-order valence-corrected chi connectivity index (χ2v) is 4.27. The van der Waals surface area contributed by atoms with Crippen molar-refractivity contribution in [1.29, 1.82) is 0 Å². The van der Waals surface area contributed by atoms with E-state index in [9.17, 15) is 4.79 Å². The standard InChI is InChI=1S/C11H21NO3/c1-3-8(2)10(12)11(13)15-7-9-4-5-14-6-9/h8-10H,3-7,12H2,1-2H3. The van der Waals surface area contributed by atoms with Crippen molar-refractivity contribution in [2.24, 2.45) is 17.6 Å². The van der Waals surface area contributed by atoms with Gasteiger partial charge in [0.05, 0.1) is 13.2 Å². The molecule has 0 amide bonds. The lowest BCUT2D eigenvalue weighted by Gasteiger charge is -2.17. The fourth-order valence-electron chi connectivity index (χ4n) is 1.50. The summed E-state index contributed by atoms with van der Waals surface area (Å²) in [6.45, 7) is 5.90. The van der Waals surface area contributed by atoms with E-state index in [1.54, 1.807) is 0 Å². The van der Waals surface area contributed by atoms with Crippen molar-refractivity contribution in [1.82, 2.24) is 0 Å². The average molecular weight is 215 g/mol. The van der Waals surface area contributed by atoms with Gasteiger partial charge < -0.3 is 15.2 Å². The van der Waals surface area contributed by atoms with Gasteiger partial charge in [-0.3, -0.25) is 4.79 Å². The normalized spacial score (nSPS) is 24.9. The minimum absolute atomic E-state index is 0.178. The van der Waals surface area contributed by atoms with Crippen LogP contribution >= 0.6 is 0 Å². The first-order chi connectivity index (χ1) is 7.15. The van der Waals surface area contributed by atoms with Crippen LogP contribution in [0.3, 0.4) is 0 Å². The fraction of sp³-hybridized carbons (Fsp3) is 0.909. The first-order valence-electron chi connectivity index (χ1n) is 5.65. The van der Waals surface area contributed by atoms with E-state index in [1.165, 1.54) is 0 Å². The number of ether oxygens (including phenoxy) is 2. The molecule has 0 spiro atoms. The van der Waals surface area contributed by atoms with Crippen molar-refractivity contribution in [2.45, 2.75) is 32.7 Å². The fourth-order valence-corrected chi connectivity index (χ4v) is 1.50. The van der Waals surface area contributed by atoms with Gasteiger partial charge in [-0.15, -0.1) is 0 Å². The summed E-state index contributed by atoms with van der Waals surface area (Å²) >= 11 is 0. The number of rotatable bonds is 5. The summed E-state index contributed by atoms with van der Waals surface area (Å²) in [5.74, 6) is 0.256. The molecular formula is C11H21NO3. The van der Waals surface area contributed by atoms with Crippen LogP contribution in [0.1, 0.15) is 26.7 Å². The number of nitrogens with two attached hydrogens (primary N) is 1. The van der Waals surface area contributed by atoms with Crippen LogP contribution in [0.2, 0.25) is 0 Å². The van der Waals surface area contributed by atoms with Gasteiger partial charge in [-0.1, -0.05) is 20.3 Å². The van der Waals surface area contributed by atoms with E-state index >= 15 is 0 Å². The molecule has 3 unspecified atom stereocenters. The van der Waals surface area contributed by atoms with E-state index in [4.69, 9.17) is 15.2 Å². The number of esters is 1. The number of carbonyl (C=O) groups excluding carboxylic acids is 1. The number of carbonyl (C=O) groups is 1. The largest absolute Gasteiger partial charge is 0.464 e. The molecule has 2 N–H and O–H groups in total. The van der Waals surface area contributed by atoms with E-state index in [0.29, 0.717) is 19.1 Å². The molecule has 0 aliphatic carbocycles. The van der Waals surface area contributed by atoms with Crippen LogP contribution in [0.25, 0.3) is 0 Å². The van der Waals surface area contributed by atoms with Gasteiger partial charge in [-0.25, -0.2) is 0 Å². The quantitative estimate of drug-likeness (QED) is 0.693. The summed E-state index contributed by atoms with van der Waals surface area (Å²) in [6, 6.07) is -0.489. The van der Waals surface area contributed by atoms with Gasteiger partial charge in [0.2, 0.25) is 0 Å². The lowest BCUT2D eigenvalue weighted by atomic mass is 10.0. The molecule has 0 saturated carbocycles. The summed E-state index contributed by atoms with van der Waals surface area (Å²) < 4.78 is 10.4. The molecule has 3 atom stereocenters. The van der Waals surface area contributed by atoms with Gasteiger partial charge >= 0.3 is 5.97 Å². The Kier molecular flexibility index (Phi) is 5.05. The predicted octanol–water partition coefficient (Wildman–Crippen LogP) is 0.940. The highest BCUT2D eigenvalue weighted by Gasteiger charge is 2.23. The number of hydrogen-bond donors (Lipinski definition) is 1. The summed E-state index contributed by atoms with van der Waals surface area (Å²) in [5.41, 5.74) is 5.75. The molecular weight excluding hydrogens is 194 g/mol. The zero-order chi connectivity index (χ0) is 11.3. The minimum Gasteiger partial charge on any atom is -0.464 e. The minimum atomic E-state index is -0.489. The first-order valence-corrected chi connectivity index (χ1v) is 5.65. The van der Waals surface area contributed by atoms with E-state index in [2.05, 4.69) is 0 Å². The Morgan fingerprint density at radius 3 is 2.93 bits per heavy atom. The molecule has 1 saturated heterocycles. The molecule has 0 aromatic heterocycles. The molecule has 4 nitrogen and oxygen atoms in total. The van der Waals surface area contributed by atoms with Crippen LogP contribution in [-0.2, 0) is 14.3 Å². The van der Waals surface area contributed by atoms with Gasteiger partial charge in [-0.05, 0) is 12.3 Å². The Balaban J connectivity index is 2.22. The molecule has 1 heterocycles. The Labute approximate surface area is 91.1 Å². The topological polar surface area (TPSA) is 61.6 Å². The van der Waals surface area contributed by atoms with Gasteiger partial charge in [0.15, 0.2) is 0 Å². The van der Waals surface area contributed by atoms with Crippen LogP contribution < -0.4 is 5.73 Å². The SMILES string of the molecule is CCC(C)C(N)C(=O)OCC1CCOC1. The van der Waals surface area contributed by atoms with Crippen molar-refractivity contribution in [3.05, 3.63) is 0 Å². The molecule has 0 radical (unpaired) electrons. The molecule has 1 aliphatic rings. The molecule has 15 heavy (non-hydrogen) atoms. The van der Waals surface area contributed by atoms with E-state index in [1.807, 2.05) is 13.8 Å². The zero-order valence-electron chi connectivity index (χ0n) is 9.57. The van der Waals surface area contributed by atoms with Gasteiger partial charge in [0, 0.05) is 12.5 Å². The van der Waals surface area contributed by atoms with Gasteiger partial charge in [-0.2, -0.15) is 0 Å². The van der Waals surface area contributed by atoms with Crippen LogP contribution in [0.5, 0.6) is 0 Å². The molecule has 1 rings (SSSR count). The third-order valence-electron chi connectivity index (χ3n) is 3.01. The van der Waals surface area contributed by atoms with Crippen LogP contribution in [0.4, 0.5) is 0 Å². The van der Waals surface area contributed by atoms with Crippen molar-refractivity contribution < 1.29 is 14.3 Å². The lowest BCUT2D eigenvalue weighted by Crippen LogP contribution is -2.38. The van der Waals surface area contributed by atoms with Gasteiger partial charge in [0.25, 0.3) is 0 Å². The summed E-state index contributed by atoms with van der Waals surface area (Å²) in [6.07, 6.45) is 1.87. The molecule has 4 heteroatoms. The second-order valence-electron chi connectivity index (χ2n) is 4.27. The van der Waals surface area contributed by atoms with Crippen LogP contribution in [0.15, 0.2) is 0 Å². The first kappa shape index (κ1) is 12.5. The van der Waals surface area contributed by atoms with Crippen molar-refractivity contribution in [3.63, 3.8) is 0 Å². The van der Waals surface area contributed by atoms with Crippen molar-refractivity contribution in [3.8, 4) is 0 Å². The van der Waals surface area contributed by atoms with Crippen LogP contribution in [0, 0.1) is 11.8 Å². The average Bonchev–Trinajstić information content (AvgIpc) is 2.76. The lowest BCUT2D eigenvalue weighted by molar-refractivity contribution is -0.147.